The average Bonchev–Trinajstić information content (AvgIpc) is 3.00. The number of aromatic nitrogens is 2. The Morgan fingerprint density at radius 3 is 2.52 bits per heavy atom. The number of benzene rings is 1. The summed E-state index contributed by atoms with van der Waals surface area (Å²) in [5, 5.41) is 14.5. The molecule has 1 fully saturated rings. The molecule has 3 rings (SSSR count). The molecule has 1 amide bonds. The normalized spacial score (nSPS) is 14.7. The SMILES string of the molecule is N#Cc1ccc(N2CCN(C(=O)c3cc(F)[nH]n3)CC2)c(F)c1. The molecule has 1 aromatic heterocycles. The van der Waals surface area contributed by atoms with Crippen LogP contribution in [0.4, 0.5) is 14.5 Å². The van der Waals surface area contributed by atoms with E-state index < -0.39 is 11.8 Å². The Labute approximate surface area is 130 Å². The third kappa shape index (κ3) is 2.99. The lowest BCUT2D eigenvalue weighted by Crippen LogP contribution is -2.49. The van der Waals surface area contributed by atoms with Gasteiger partial charge in [0.05, 0.1) is 17.3 Å². The number of hydrogen-bond donors (Lipinski definition) is 1. The number of anilines is 1. The van der Waals surface area contributed by atoms with Crippen LogP contribution in [0.25, 0.3) is 0 Å². The second kappa shape index (κ2) is 6.04. The molecule has 1 aromatic carbocycles. The van der Waals surface area contributed by atoms with Crippen molar-refractivity contribution in [1.29, 1.82) is 5.26 Å². The lowest BCUT2D eigenvalue weighted by Gasteiger charge is -2.35. The molecule has 0 radical (unpaired) electrons. The topological polar surface area (TPSA) is 76.0 Å². The fourth-order valence-electron chi connectivity index (χ4n) is 2.55. The number of halogens is 2. The molecule has 0 saturated carbocycles. The van der Waals surface area contributed by atoms with E-state index in [1.54, 1.807) is 17.0 Å². The predicted molar refractivity (Wildman–Crippen MR) is 77.8 cm³/mol. The third-order valence-electron chi connectivity index (χ3n) is 3.75. The van der Waals surface area contributed by atoms with Gasteiger partial charge in [0.2, 0.25) is 5.95 Å². The molecular formula is C15H13F2N5O. The smallest absolute Gasteiger partial charge is 0.274 e. The van der Waals surface area contributed by atoms with Crippen LogP contribution < -0.4 is 4.90 Å². The van der Waals surface area contributed by atoms with Crippen molar-refractivity contribution >= 4 is 11.6 Å². The van der Waals surface area contributed by atoms with E-state index >= 15 is 0 Å². The van der Waals surface area contributed by atoms with Crippen molar-refractivity contribution < 1.29 is 13.6 Å². The van der Waals surface area contributed by atoms with Crippen molar-refractivity contribution in [1.82, 2.24) is 15.1 Å². The van der Waals surface area contributed by atoms with Crippen LogP contribution in [0, 0.1) is 23.1 Å². The first-order valence-electron chi connectivity index (χ1n) is 7.03. The lowest BCUT2D eigenvalue weighted by atomic mass is 10.1. The maximum Gasteiger partial charge on any atom is 0.274 e. The summed E-state index contributed by atoms with van der Waals surface area (Å²) in [7, 11) is 0. The minimum absolute atomic E-state index is 0.0282. The van der Waals surface area contributed by atoms with Gasteiger partial charge < -0.3 is 9.80 Å². The minimum atomic E-state index is -0.661. The Hall–Kier alpha value is -2.95. The van der Waals surface area contributed by atoms with Crippen LogP contribution in [0.15, 0.2) is 24.3 Å². The number of nitrogens with zero attached hydrogens (tertiary/aromatic N) is 4. The monoisotopic (exact) mass is 317 g/mol. The molecule has 1 aliphatic heterocycles. The Kier molecular flexibility index (Phi) is 3.93. The molecule has 23 heavy (non-hydrogen) atoms. The molecule has 6 nitrogen and oxygen atoms in total. The second-order valence-electron chi connectivity index (χ2n) is 5.16. The van der Waals surface area contributed by atoms with E-state index in [0.717, 1.165) is 6.07 Å². The van der Waals surface area contributed by atoms with E-state index in [9.17, 15) is 13.6 Å². The van der Waals surface area contributed by atoms with E-state index in [4.69, 9.17) is 5.26 Å². The van der Waals surface area contributed by atoms with Crippen molar-refractivity contribution in [2.45, 2.75) is 0 Å². The summed E-state index contributed by atoms with van der Waals surface area (Å²) >= 11 is 0. The van der Waals surface area contributed by atoms with Gasteiger partial charge in [0, 0.05) is 32.2 Å². The second-order valence-corrected chi connectivity index (χ2v) is 5.16. The molecule has 2 aromatic rings. The number of carbonyl (C=O) groups is 1. The van der Waals surface area contributed by atoms with Crippen LogP contribution in [0.3, 0.4) is 0 Å². The Morgan fingerprint density at radius 2 is 1.96 bits per heavy atom. The fourth-order valence-corrected chi connectivity index (χ4v) is 2.55. The standard InChI is InChI=1S/C15H13F2N5O/c16-11-7-10(9-18)1-2-13(11)21-3-5-22(6-4-21)15(23)12-8-14(17)20-19-12/h1-2,7-8H,3-6H2,(H,19,20). The molecule has 1 N–H and O–H groups in total. The molecule has 118 valence electrons. The average molecular weight is 317 g/mol. The van der Waals surface area contributed by atoms with Gasteiger partial charge in [-0.3, -0.25) is 9.89 Å². The minimum Gasteiger partial charge on any atom is -0.366 e. The van der Waals surface area contributed by atoms with Gasteiger partial charge in [-0.2, -0.15) is 14.8 Å². The lowest BCUT2D eigenvalue weighted by molar-refractivity contribution is 0.0740. The number of hydrogen-bond acceptors (Lipinski definition) is 4. The zero-order chi connectivity index (χ0) is 16.4. The first kappa shape index (κ1) is 15.0. The largest absolute Gasteiger partial charge is 0.366 e. The van der Waals surface area contributed by atoms with Gasteiger partial charge in [0.15, 0.2) is 5.69 Å². The highest BCUT2D eigenvalue weighted by Crippen LogP contribution is 2.22. The van der Waals surface area contributed by atoms with Crippen molar-refractivity contribution in [3.63, 3.8) is 0 Å². The highest BCUT2D eigenvalue weighted by atomic mass is 19.1. The predicted octanol–water partition coefficient (Wildman–Crippen LogP) is 1.52. The number of aromatic amines is 1. The van der Waals surface area contributed by atoms with Crippen LogP contribution in [0.2, 0.25) is 0 Å². The van der Waals surface area contributed by atoms with Crippen LogP contribution in [0.5, 0.6) is 0 Å². The quantitative estimate of drug-likeness (QED) is 0.911. The zero-order valence-corrected chi connectivity index (χ0v) is 12.1. The van der Waals surface area contributed by atoms with Crippen molar-refractivity contribution in [2.75, 3.05) is 31.1 Å². The highest BCUT2D eigenvalue weighted by molar-refractivity contribution is 5.92. The molecule has 1 saturated heterocycles. The van der Waals surface area contributed by atoms with Gasteiger partial charge in [0.1, 0.15) is 5.82 Å². The van der Waals surface area contributed by atoms with Gasteiger partial charge in [-0.15, -0.1) is 0 Å². The van der Waals surface area contributed by atoms with E-state index in [1.807, 2.05) is 11.0 Å². The van der Waals surface area contributed by atoms with Gasteiger partial charge in [-0.05, 0) is 18.2 Å². The summed E-state index contributed by atoms with van der Waals surface area (Å²) < 4.78 is 26.9. The fraction of sp³-hybridized carbons (Fsp3) is 0.267. The van der Waals surface area contributed by atoms with E-state index in [-0.39, 0.29) is 17.2 Å². The van der Waals surface area contributed by atoms with E-state index in [2.05, 4.69) is 10.2 Å². The van der Waals surface area contributed by atoms with Gasteiger partial charge in [-0.1, -0.05) is 0 Å². The van der Waals surface area contributed by atoms with Crippen LogP contribution in [0.1, 0.15) is 16.1 Å². The Bertz CT molecular complexity index is 774. The molecule has 0 bridgehead atoms. The molecular weight excluding hydrogens is 304 g/mol. The van der Waals surface area contributed by atoms with Gasteiger partial charge in [0.25, 0.3) is 5.91 Å². The van der Waals surface area contributed by atoms with Gasteiger partial charge >= 0.3 is 0 Å². The first-order chi connectivity index (χ1) is 11.1. The maximum absolute atomic E-state index is 14.0. The van der Waals surface area contributed by atoms with Crippen molar-refractivity contribution in [2.24, 2.45) is 0 Å². The summed E-state index contributed by atoms with van der Waals surface area (Å²) in [5.41, 5.74) is 0.697. The number of piperazine rings is 1. The summed E-state index contributed by atoms with van der Waals surface area (Å²) in [6.07, 6.45) is 0. The molecule has 0 unspecified atom stereocenters. The van der Waals surface area contributed by atoms with Crippen molar-refractivity contribution in [3.8, 4) is 6.07 Å². The van der Waals surface area contributed by atoms with Crippen molar-refractivity contribution in [3.05, 3.63) is 47.3 Å². The molecule has 8 heteroatoms. The Morgan fingerprint density at radius 1 is 1.22 bits per heavy atom. The molecule has 0 aliphatic carbocycles. The van der Waals surface area contributed by atoms with Crippen LogP contribution >= 0.6 is 0 Å². The number of amides is 1. The number of H-pyrrole nitrogens is 1. The zero-order valence-electron chi connectivity index (χ0n) is 12.1. The summed E-state index contributed by atoms with van der Waals surface area (Å²) in [6, 6.07) is 7.25. The number of nitriles is 1. The highest BCUT2D eigenvalue weighted by Gasteiger charge is 2.25. The number of rotatable bonds is 2. The number of carbonyl (C=O) groups excluding carboxylic acids is 1. The third-order valence-corrected chi connectivity index (χ3v) is 3.75. The summed E-state index contributed by atoms with van der Waals surface area (Å²) in [4.78, 5) is 15.5. The molecule has 0 atom stereocenters. The van der Waals surface area contributed by atoms with Crippen LogP contribution in [-0.2, 0) is 0 Å². The van der Waals surface area contributed by atoms with E-state index in [0.29, 0.717) is 31.9 Å². The Balaban J connectivity index is 1.67. The summed E-state index contributed by atoms with van der Waals surface area (Å²) in [5.74, 6) is -1.48. The molecule has 0 spiro atoms. The van der Waals surface area contributed by atoms with Crippen LogP contribution in [-0.4, -0.2) is 47.2 Å². The maximum atomic E-state index is 14.0. The number of nitrogens with one attached hydrogen (secondary N) is 1. The van der Waals surface area contributed by atoms with Gasteiger partial charge in [-0.25, -0.2) is 4.39 Å². The molecule has 1 aliphatic rings. The first-order valence-corrected chi connectivity index (χ1v) is 7.03. The van der Waals surface area contributed by atoms with E-state index in [1.165, 1.54) is 6.07 Å². The molecule has 2 heterocycles. The summed E-state index contributed by atoms with van der Waals surface area (Å²) in [6.45, 7) is 1.66.